The Kier molecular flexibility index (Phi) is 3.23. The molecule has 3 nitrogen and oxygen atoms in total. The Labute approximate surface area is 119 Å². The van der Waals surface area contributed by atoms with E-state index in [4.69, 9.17) is 27.7 Å². The van der Waals surface area contributed by atoms with Crippen LogP contribution in [0, 0.1) is 0 Å². The lowest BCUT2D eigenvalue weighted by Gasteiger charge is -1.95. The third-order valence-electron chi connectivity index (χ3n) is 2.62. The van der Waals surface area contributed by atoms with Crippen molar-refractivity contribution in [1.29, 1.82) is 0 Å². The topological polar surface area (TPSA) is 38.9 Å². The average Bonchev–Trinajstić information content (AvgIpc) is 2.88. The Bertz CT molecular complexity index is 665. The predicted octanol–water partition coefficient (Wildman–Crippen LogP) is 4.71. The summed E-state index contributed by atoms with van der Waals surface area (Å²) >= 11 is 11.9. The zero-order valence-corrected chi connectivity index (χ0v) is 11.2. The molecule has 3 rings (SSSR count). The molecule has 2 aromatic heterocycles. The average molecular weight is 291 g/mol. The monoisotopic (exact) mass is 290 g/mol. The van der Waals surface area contributed by atoms with E-state index >= 15 is 0 Å². The molecule has 0 saturated carbocycles. The van der Waals surface area contributed by atoms with E-state index in [1.165, 1.54) is 0 Å². The number of benzene rings is 1. The van der Waals surface area contributed by atoms with Gasteiger partial charge in [0, 0.05) is 34.6 Å². The summed E-state index contributed by atoms with van der Waals surface area (Å²) in [5, 5.41) is 5.23. The van der Waals surface area contributed by atoms with Crippen LogP contribution in [-0.2, 0) is 0 Å². The number of halogens is 2. The van der Waals surface area contributed by atoms with Gasteiger partial charge in [-0.1, -0.05) is 40.5 Å². The first kappa shape index (κ1) is 12.2. The molecule has 0 atom stereocenters. The first-order valence-electron chi connectivity index (χ1n) is 5.56. The molecule has 5 heteroatoms. The van der Waals surface area contributed by atoms with E-state index in [0.29, 0.717) is 21.5 Å². The Balaban J connectivity index is 2.00. The summed E-state index contributed by atoms with van der Waals surface area (Å²) in [5.74, 6) is 0.650. The van der Waals surface area contributed by atoms with Crippen molar-refractivity contribution < 1.29 is 4.52 Å². The summed E-state index contributed by atoms with van der Waals surface area (Å²) in [7, 11) is 0. The van der Waals surface area contributed by atoms with E-state index in [0.717, 1.165) is 11.1 Å². The van der Waals surface area contributed by atoms with Gasteiger partial charge in [0.05, 0.1) is 5.02 Å². The Morgan fingerprint density at radius 1 is 0.895 bits per heavy atom. The first-order valence-corrected chi connectivity index (χ1v) is 6.31. The highest BCUT2D eigenvalue weighted by Crippen LogP contribution is 2.28. The van der Waals surface area contributed by atoms with Crippen LogP contribution in [0.4, 0.5) is 0 Å². The van der Waals surface area contributed by atoms with Crippen LogP contribution in [-0.4, -0.2) is 10.1 Å². The molecular formula is C14H8Cl2N2O. The van der Waals surface area contributed by atoms with Crippen LogP contribution < -0.4 is 0 Å². The summed E-state index contributed by atoms with van der Waals surface area (Å²) < 4.78 is 5.32. The second kappa shape index (κ2) is 5.03. The smallest absolute Gasteiger partial charge is 0.167 e. The van der Waals surface area contributed by atoms with Crippen molar-refractivity contribution in [3.8, 4) is 22.6 Å². The summed E-state index contributed by atoms with van der Waals surface area (Å²) in [4.78, 5) is 4.02. The molecule has 0 N–H and O–H groups in total. The molecule has 19 heavy (non-hydrogen) atoms. The number of pyridine rings is 1. The zero-order valence-electron chi connectivity index (χ0n) is 9.68. The molecule has 94 valence electrons. The lowest BCUT2D eigenvalue weighted by molar-refractivity contribution is 0.435. The minimum Gasteiger partial charge on any atom is -0.356 e. The van der Waals surface area contributed by atoms with Crippen LogP contribution in [0.15, 0.2) is 53.3 Å². The summed E-state index contributed by atoms with van der Waals surface area (Å²) in [6.45, 7) is 0. The Morgan fingerprint density at radius 2 is 1.74 bits per heavy atom. The highest BCUT2D eigenvalue weighted by atomic mass is 35.5. The Morgan fingerprint density at radius 3 is 2.53 bits per heavy atom. The zero-order chi connectivity index (χ0) is 13.2. The van der Waals surface area contributed by atoms with Crippen molar-refractivity contribution in [2.45, 2.75) is 0 Å². The highest BCUT2D eigenvalue weighted by Gasteiger charge is 2.09. The van der Waals surface area contributed by atoms with Gasteiger partial charge in [-0.25, -0.2) is 0 Å². The molecule has 2 heterocycles. The number of aromatic nitrogens is 2. The van der Waals surface area contributed by atoms with Crippen LogP contribution >= 0.6 is 23.2 Å². The van der Waals surface area contributed by atoms with Crippen molar-refractivity contribution in [2.75, 3.05) is 0 Å². The molecule has 0 spiro atoms. The molecule has 0 aliphatic carbocycles. The van der Waals surface area contributed by atoms with E-state index in [1.54, 1.807) is 18.5 Å². The maximum absolute atomic E-state index is 5.95. The number of rotatable bonds is 2. The minimum atomic E-state index is 0.560. The molecule has 0 amide bonds. The molecular weight excluding hydrogens is 283 g/mol. The largest absolute Gasteiger partial charge is 0.356 e. The molecule has 0 saturated heterocycles. The molecule has 0 radical (unpaired) electrons. The van der Waals surface area contributed by atoms with Crippen molar-refractivity contribution in [3.63, 3.8) is 0 Å². The molecule has 3 aromatic rings. The van der Waals surface area contributed by atoms with Gasteiger partial charge in [-0.2, -0.15) is 0 Å². The fourth-order valence-electron chi connectivity index (χ4n) is 1.74. The summed E-state index contributed by atoms with van der Waals surface area (Å²) in [6.07, 6.45) is 3.26. The number of hydrogen-bond acceptors (Lipinski definition) is 3. The maximum atomic E-state index is 5.95. The van der Waals surface area contributed by atoms with E-state index in [-0.39, 0.29) is 0 Å². The molecule has 0 bridgehead atoms. The van der Waals surface area contributed by atoms with Gasteiger partial charge in [-0.15, -0.1) is 0 Å². The fraction of sp³-hybridized carbons (Fsp3) is 0. The van der Waals surface area contributed by atoms with Gasteiger partial charge in [-0.05, 0) is 18.2 Å². The van der Waals surface area contributed by atoms with E-state index in [2.05, 4.69) is 10.1 Å². The van der Waals surface area contributed by atoms with E-state index in [9.17, 15) is 0 Å². The second-order valence-corrected chi connectivity index (χ2v) is 4.85. The molecule has 1 aromatic carbocycles. The molecule has 0 aliphatic heterocycles. The summed E-state index contributed by atoms with van der Waals surface area (Å²) in [6, 6.07) is 11.0. The molecule has 0 aliphatic rings. The van der Waals surface area contributed by atoms with Crippen LogP contribution in [0.3, 0.4) is 0 Å². The quantitative estimate of drug-likeness (QED) is 0.686. The van der Waals surface area contributed by atoms with Gasteiger partial charge in [0.2, 0.25) is 0 Å². The van der Waals surface area contributed by atoms with Gasteiger partial charge < -0.3 is 4.52 Å². The lowest BCUT2D eigenvalue weighted by atomic mass is 10.1. The molecule has 0 unspecified atom stereocenters. The fourth-order valence-corrected chi connectivity index (χ4v) is 2.11. The first-order chi connectivity index (χ1) is 9.22. The van der Waals surface area contributed by atoms with Gasteiger partial charge in [-0.3, -0.25) is 4.98 Å². The standard InChI is InChI=1S/C14H8Cl2N2O/c15-11-3-1-2-9(4-11)14-6-13(18-19-14)10-5-12(16)8-17-7-10/h1-8H. The minimum absolute atomic E-state index is 0.560. The second-order valence-electron chi connectivity index (χ2n) is 3.98. The van der Waals surface area contributed by atoms with Crippen LogP contribution in [0.5, 0.6) is 0 Å². The van der Waals surface area contributed by atoms with Crippen molar-refractivity contribution in [3.05, 3.63) is 58.8 Å². The Hall–Kier alpha value is -1.84. The van der Waals surface area contributed by atoms with Gasteiger partial charge in [0.1, 0.15) is 5.69 Å². The number of hydrogen-bond donors (Lipinski definition) is 0. The van der Waals surface area contributed by atoms with Gasteiger partial charge in [0.15, 0.2) is 5.76 Å². The normalized spacial score (nSPS) is 10.6. The summed E-state index contributed by atoms with van der Waals surface area (Å²) in [5.41, 5.74) is 2.37. The van der Waals surface area contributed by atoms with Crippen molar-refractivity contribution in [1.82, 2.24) is 10.1 Å². The van der Waals surface area contributed by atoms with Crippen LogP contribution in [0.2, 0.25) is 10.0 Å². The third kappa shape index (κ3) is 2.62. The van der Waals surface area contributed by atoms with Gasteiger partial charge in [0.25, 0.3) is 0 Å². The SMILES string of the molecule is Clc1cncc(-c2cc(-c3cccc(Cl)c3)on2)c1. The van der Waals surface area contributed by atoms with E-state index < -0.39 is 0 Å². The van der Waals surface area contributed by atoms with Crippen molar-refractivity contribution in [2.24, 2.45) is 0 Å². The third-order valence-corrected chi connectivity index (χ3v) is 3.06. The number of nitrogens with zero attached hydrogens (tertiary/aromatic N) is 2. The van der Waals surface area contributed by atoms with Crippen molar-refractivity contribution >= 4 is 23.2 Å². The van der Waals surface area contributed by atoms with Crippen LogP contribution in [0.1, 0.15) is 0 Å². The predicted molar refractivity (Wildman–Crippen MR) is 75.2 cm³/mol. The van der Waals surface area contributed by atoms with Crippen LogP contribution in [0.25, 0.3) is 22.6 Å². The van der Waals surface area contributed by atoms with E-state index in [1.807, 2.05) is 30.3 Å². The van der Waals surface area contributed by atoms with Gasteiger partial charge >= 0.3 is 0 Å². The maximum Gasteiger partial charge on any atom is 0.167 e. The lowest BCUT2D eigenvalue weighted by Crippen LogP contribution is -1.79. The molecule has 0 fully saturated rings. The highest BCUT2D eigenvalue weighted by molar-refractivity contribution is 6.31.